The lowest BCUT2D eigenvalue weighted by Crippen LogP contribution is -2.49. The van der Waals surface area contributed by atoms with E-state index in [4.69, 9.17) is 0 Å². The second kappa shape index (κ2) is 4.92. The normalized spacial score (nSPS) is 19.9. The highest BCUT2D eigenvalue weighted by Gasteiger charge is 2.31. The molecule has 0 spiro atoms. The molecule has 0 radical (unpaired) electrons. The largest absolute Gasteiger partial charge is 0.338 e. The first-order chi connectivity index (χ1) is 9.16. The summed E-state index contributed by atoms with van der Waals surface area (Å²) in [6.07, 6.45) is 2.15. The Morgan fingerprint density at radius 3 is 3.00 bits per heavy atom. The molecular formula is C13H21N5O. The van der Waals surface area contributed by atoms with Gasteiger partial charge in [-0.25, -0.2) is 0 Å². The third-order valence-electron chi connectivity index (χ3n) is 4.35. The van der Waals surface area contributed by atoms with E-state index in [0.717, 1.165) is 44.1 Å². The lowest BCUT2D eigenvalue weighted by Gasteiger charge is -2.33. The molecule has 0 saturated carbocycles. The van der Waals surface area contributed by atoms with Gasteiger partial charge in [-0.05, 0) is 25.4 Å². The molecule has 19 heavy (non-hydrogen) atoms. The summed E-state index contributed by atoms with van der Waals surface area (Å²) >= 11 is 0. The number of aromatic nitrogens is 3. The minimum absolute atomic E-state index is 0.0900. The maximum atomic E-state index is 12.3. The first-order valence-electron chi connectivity index (χ1n) is 7.03. The summed E-state index contributed by atoms with van der Waals surface area (Å²) < 4.78 is 2.15. The SMILES string of the molecule is CC(C(=O)N(C)Cc1nnc2n1CCC2)C1CNC1. The molecule has 104 valence electrons. The Kier molecular flexibility index (Phi) is 3.26. The van der Waals surface area contributed by atoms with Crippen molar-refractivity contribution in [3.63, 3.8) is 0 Å². The molecule has 6 nitrogen and oxygen atoms in total. The molecule has 1 aromatic heterocycles. The number of aryl methyl sites for hydroxylation is 1. The second-order valence-corrected chi connectivity index (χ2v) is 5.69. The highest BCUT2D eigenvalue weighted by atomic mass is 16.2. The minimum atomic E-state index is 0.0900. The van der Waals surface area contributed by atoms with E-state index in [1.807, 2.05) is 14.0 Å². The summed E-state index contributed by atoms with van der Waals surface area (Å²) in [6.45, 7) is 5.50. The van der Waals surface area contributed by atoms with Crippen LogP contribution in [0.2, 0.25) is 0 Å². The van der Waals surface area contributed by atoms with Crippen molar-refractivity contribution >= 4 is 5.91 Å². The third-order valence-corrected chi connectivity index (χ3v) is 4.35. The molecular weight excluding hydrogens is 242 g/mol. The molecule has 0 aliphatic carbocycles. The molecule has 1 aromatic rings. The zero-order chi connectivity index (χ0) is 13.4. The fraction of sp³-hybridized carbons (Fsp3) is 0.769. The number of fused-ring (bicyclic) bond motifs is 1. The Morgan fingerprint density at radius 1 is 1.53 bits per heavy atom. The van der Waals surface area contributed by atoms with Crippen LogP contribution in [0.15, 0.2) is 0 Å². The summed E-state index contributed by atoms with van der Waals surface area (Å²) in [4.78, 5) is 14.1. The number of carbonyl (C=O) groups is 1. The summed E-state index contributed by atoms with van der Waals surface area (Å²) in [5.74, 6) is 2.77. The number of hydrogen-bond acceptors (Lipinski definition) is 4. The van der Waals surface area contributed by atoms with Crippen LogP contribution in [0.25, 0.3) is 0 Å². The van der Waals surface area contributed by atoms with Crippen molar-refractivity contribution in [1.82, 2.24) is 25.0 Å². The number of amides is 1. The fourth-order valence-corrected chi connectivity index (χ4v) is 2.83. The smallest absolute Gasteiger partial charge is 0.225 e. The van der Waals surface area contributed by atoms with E-state index in [-0.39, 0.29) is 11.8 Å². The van der Waals surface area contributed by atoms with Gasteiger partial charge in [0.15, 0.2) is 5.82 Å². The molecule has 0 aromatic carbocycles. The molecule has 1 amide bonds. The van der Waals surface area contributed by atoms with Gasteiger partial charge < -0.3 is 14.8 Å². The Hall–Kier alpha value is -1.43. The van der Waals surface area contributed by atoms with Crippen LogP contribution in [0, 0.1) is 11.8 Å². The van der Waals surface area contributed by atoms with Gasteiger partial charge in [0.2, 0.25) is 5.91 Å². The van der Waals surface area contributed by atoms with Crippen LogP contribution in [0.1, 0.15) is 25.0 Å². The number of nitrogens with one attached hydrogen (secondary N) is 1. The van der Waals surface area contributed by atoms with Gasteiger partial charge in [-0.3, -0.25) is 4.79 Å². The maximum absolute atomic E-state index is 12.3. The average molecular weight is 263 g/mol. The van der Waals surface area contributed by atoms with Crippen molar-refractivity contribution in [2.24, 2.45) is 11.8 Å². The van der Waals surface area contributed by atoms with E-state index in [0.29, 0.717) is 12.5 Å². The van der Waals surface area contributed by atoms with Crippen molar-refractivity contribution in [3.8, 4) is 0 Å². The molecule has 3 rings (SSSR count). The van der Waals surface area contributed by atoms with E-state index < -0.39 is 0 Å². The van der Waals surface area contributed by atoms with Crippen LogP contribution in [0.5, 0.6) is 0 Å². The molecule has 2 aliphatic heterocycles. The molecule has 1 atom stereocenters. The Balaban J connectivity index is 1.63. The monoisotopic (exact) mass is 263 g/mol. The van der Waals surface area contributed by atoms with Crippen LogP contribution in [-0.4, -0.2) is 45.7 Å². The van der Waals surface area contributed by atoms with Gasteiger partial charge in [0.05, 0.1) is 6.54 Å². The van der Waals surface area contributed by atoms with Gasteiger partial charge in [-0.15, -0.1) is 10.2 Å². The first-order valence-corrected chi connectivity index (χ1v) is 7.03. The molecule has 1 saturated heterocycles. The summed E-state index contributed by atoms with van der Waals surface area (Å²) in [7, 11) is 1.86. The molecule has 2 aliphatic rings. The molecule has 3 heterocycles. The van der Waals surface area contributed by atoms with Gasteiger partial charge in [0.25, 0.3) is 0 Å². The maximum Gasteiger partial charge on any atom is 0.225 e. The standard InChI is InChI=1S/C13H21N5O/c1-9(10-6-14-7-10)13(19)17(2)8-12-16-15-11-4-3-5-18(11)12/h9-10,14H,3-8H2,1-2H3. The van der Waals surface area contributed by atoms with Gasteiger partial charge in [-0.2, -0.15) is 0 Å². The van der Waals surface area contributed by atoms with Gasteiger partial charge in [-0.1, -0.05) is 6.92 Å². The van der Waals surface area contributed by atoms with Crippen molar-refractivity contribution in [2.45, 2.75) is 32.9 Å². The lowest BCUT2D eigenvalue weighted by molar-refractivity contribution is -0.136. The van der Waals surface area contributed by atoms with Gasteiger partial charge in [0.1, 0.15) is 5.82 Å². The third kappa shape index (κ3) is 2.25. The molecule has 0 bridgehead atoms. The zero-order valence-corrected chi connectivity index (χ0v) is 11.6. The quantitative estimate of drug-likeness (QED) is 0.833. The van der Waals surface area contributed by atoms with Crippen LogP contribution in [0.3, 0.4) is 0 Å². The summed E-state index contributed by atoms with van der Waals surface area (Å²) in [5, 5.41) is 11.6. The van der Waals surface area contributed by atoms with Crippen molar-refractivity contribution < 1.29 is 4.79 Å². The van der Waals surface area contributed by atoms with Crippen molar-refractivity contribution in [1.29, 1.82) is 0 Å². The Morgan fingerprint density at radius 2 is 2.32 bits per heavy atom. The number of nitrogens with zero attached hydrogens (tertiary/aromatic N) is 4. The number of rotatable bonds is 4. The van der Waals surface area contributed by atoms with Crippen LogP contribution in [-0.2, 0) is 24.3 Å². The minimum Gasteiger partial charge on any atom is -0.338 e. The lowest BCUT2D eigenvalue weighted by atomic mass is 9.88. The average Bonchev–Trinajstić information content (AvgIpc) is 2.90. The highest BCUT2D eigenvalue weighted by Crippen LogP contribution is 2.20. The summed E-state index contributed by atoms with van der Waals surface area (Å²) in [6, 6.07) is 0. The van der Waals surface area contributed by atoms with Crippen LogP contribution >= 0.6 is 0 Å². The Bertz CT molecular complexity index is 479. The number of carbonyl (C=O) groups excluding carboxylic acids is 1. The molecule has 1 N–H and O–H groups in total. The molecule has 1 unspecified atom stereocenters. The summed E-state index contributed by atoms with van der Waals surface area (Å²) in [5.41, 5.74) is 0. The highest BCUT2D eigenvalue weighted by molar-refractivity contribution is 5.78. The van der Waals surface area contributed by atoms with Crippen molar-refractivity contribution in [2.75, 3.05) is 20.1 Å². The predicted octanol–water partition coefficient (Wildman–Crippen LogP) is 0.0382. The first kappa shape index (κ1) is 12.6. The van der Waals surface area contributed by atoms with E-state index in [2.05, 4.69) is 20.1 Å². The van der Waals surface area contributed by atoms with Crippen LogP contribution < -0.4 is 5.32 Å². The molecule has 1 fully saturated rings. The van der Waals surface area contributed by atoms with Crippen LogP contribution in [0.4, 0.5) is 0 Å². The van der Waals surface area contributed by atoms with E-state index in [1.165, 1.54) is 0 Å². The molecule has 6 heteroatoms. The van der Waals surface area contributed by atoms with Gasteiger partial charge >= 0.3 is 0 Å². The second-order valence-electron chi connectivity index (χ2n) is 5.69. The fourth-order valence-electron chi connectivity index (χ4n) is 2.83. The van der Waals surface area contributed by atoms with Gasteiger partial charge in [0, 0.05) is 25.9 Å². The van der Waals surface area contributed by atoms with E-state index in [9.17, 15) is 4.79 Å². The van der Waals surface area contributed by atoms with E-state index in [1.54, 1.807) is 4.90 Å². The number of hydrogen-bond donors (Lipinski definition) is 1. The van der Waals surface area contributed by atoms with Crippen molar-refractivity contribution in [3.05, 3.63) is 11.6 Å². The van der Waals surface area contributed by atoms with E-state index >= 15 is 0 Å². The Labute approximate surface area is 113 Å². The topological polar surface area (TPSA) is 63.1 Å². The zero-order valence-electron chi connectivity index (χ0n) is 11.6. The predicted molar refractivity (Wildman–Crippen MR) is 70.3 cm³/mol.